The van der Waals surface area contributed by atoms with Crippen LogP contribution >= 0.6 is 0 Å². The Balaban J connectivity index is 1.98. The first-order valence-electron chi connectivity index (χ1n) is 7.32. The second kappa shape index (κ2) is 7.89. The van der Waals surface area contributed by atoms with Gasteiger partial charge in [-0.2, -0.15) is 0 Å². The number of nitrogens with zero attached hydrogens (tertiary/aromatic N) is 2. The van der Waals surface area contributed by atoms with Gasteiger partial charge in [0.05, 0.1) is 4.90 Å². The van der Waals surface area contributed by atoms with E-state index in [1.165, 1.54) is 20.2 Å². The van der Waals surface area contributed by atoms with E-state index in [9.17, 15) is 13.2 Å². The zero-order chi connectivity index (χ0) is 17.6. The molecule has 0 saturated carbocycles. The SMILES string of the molecule is CN(C)S(=O)(=O)c1ccccc1CNC(=O)NCc1cccnc1. The first-order valence-corrected chi connectivity index (χ1v) is 8.76. The van der Waals surface area contributed by atoms with Crippen molar-refractivity contribution < 1.29 is 13.2 Å². The molecule has 0 aliphatic rings. The first-order chi connectivity index (χ1) is 11.4. The van der Waals surface area contributed by atoms with Crippen LogP contribution in [-0.2, 0) is 23.1 Å². The Morgan fingerprint density at radius 3 is 2.46 bits per heavy atom. The van der Waals surface area contributed by atoms with Crippen LogP contribution in [0.3, 0.4) is 0 Å². The third-order valence-corrected chi connectivity index (χ3v) is 5.26. The molecule has 24 heavy (non-hydrogen) atoms. The zero-order valence-electron chi connectivity index (χ0n) is 13.6. The molecule has 7 nitrogen and oxygen atoms in total. The average Bonchev–Trinajstić information content (AvgIpc) is 2.59. The summed E-state index contributed by atoms with van der Waals surface area (Å²) in [4.78, 5) is 16.0. The summed E-state index contributed by atoms with van der Waals surface area (Å²) in [6.07, 6.45) is 3.32. The number of benzene rings is 1. The second-order valence-corrected chi connectivity index (χ2v) is 7.41. The van der Waals surface area contributed by atoms with E-state index in [1.54, 1.807) is 36.7 Å². The molecule has 0 saturated heterocycles. The Bertz CT molecular complexity index is 792. The van der Waals surface area contributed by atoms with Crippen molar-refractivity contribution in [2.75, 3.05) is 14.1 Å². The van der Waals surface area contributed by atoms with Crippen molar-refractivity contribution in [3.8, 4) is 0 Å². The number of urea groups is 1. The van der Waals surface area contributed by atoms with E-state index in [1.807, 2.05) is 6.07 Å². The molecular weight excluding hydrogens is 328 g/mol. The van der Waals surface area contributed by atoms with Crippen LogP contribution in [-0.4, -0.2) is 37.8 Å². The highest BCUT2D eigenvalue weighted by Gasteiger charge is 2.20. The quantitative estimate of drug-likeness (QED) is 0.824. The van der Waals surface area contributed by atoms with Crippen molar-refractivity contribution in [2.45, 2.75) is 18.0 Å². The van der Waals surface area contributed by atoms with Gasteiger partial charge < -0.3 is 10.6 Å². The lowest BCUT2D eigenvalue weighted by Gasteiger charge is -2.15. The zero-order valence-corrected chi connectivity index (χ0v) is 14.4. The van der Waals surface area contributed by atoms with Gasteiger partial charge in [0.25, 0.3) is 0 Å². The predicted molar refractivity (Wildman–Crippen MR) is 90.6 cm³/mol. The van der Waals surface area contributed by atoms with Gasteiger partial charge in [0.15, 0.2) is 0 Å². The van der Waals surface area contributed by atoms with Gasteiger partial charge in [-0.15, -0.1) is 0 Å². The highest BCUT2D eigenvalue weighted by atomic mass is 32.2. The molecule has 0 spiro atoms. The van der Waals surface area contributed by atoms with Gasteiger partial charge in [0.1, 0.15) is 0 Å². The number of rotatable bonds is 6. The van der Waals surface area contributed by atoms with Gasteiger partial charge in [-0.1, -0.05) is 24.3 Å². The van der Waals surface area contributed by atoms with Crippen molar-refractivity contribution in [3.05, 3.63) is 59.9 Å². The van der Waals surface area contributed by atoms with E-state index >= 15 is 0 Å². The minimum Gasteiger partial charge on any atom is -0.334 e. The standard InChI is InChI=1S/C16H20N4O3S/c1-20(2)24(22,23)15-8-4-3-7-14(15)12-19-16(21)18-11-13-6-5-9-17-10-13/h3-10H,11-12H2,1-2H3,(H2,18,19,21). The lowest BCUT2D eigenvalue weighted by Crippen LogP contribution is -2.35. The molecule has 0 bridgehead atoms. The Kier molecular flexibility index (Phi) is 5.88. The molecule has 2 N–H and O–H groups in total. The summed E-state index contributed by atoms with van der Waals surface area (Å²) in [6.45, 7) is 0.458. The maximum Gasteiger partial charge on any atom is 0.315 e. The molecule has 0 radical (unpaired) electrons. The molecule has 1 aromatic carbocycles. The van der Waals surface area contributed by atoms with E-state index < -0.39 is 10.0 Å². The molecule has 2 aromatic rings. The van der Waals surface area contributed by atoms with Gasteiger partial charge in [-0.05, 0) is 23.3 Å². The molecular formula is C16H20N4O3S. The lowest BCUT2D eigenvalue weighted by molar-refractivity contribution is 0.240. The summed E-state index contributed by atoms with van der Waals surface area (Å²) in [5.41, 5.74) is 1.41. The van der Waals surface area contributed by atoms with Gasteiger partial charge in [0.2, 0.25) is 10.0 Å². The molecule has 0 atom stereocenters. The van der Waals surface area contributed by atoms with Crippen molar-refractivity contribution in [1.29, 1.82) is 0 Å². The van der Waals surface area contributed by atoms with Crippen LogP contribution in [0.25, 0.3) is 0 Å². The molecule has 2 amide bonds. The summed E-state index contributed by atoms with van der Waals surface area (Å²) >= 11 is 0. The molecule has 0 aliphatic heterocycles. The molecule has 1 heterocycles. The van der Waals surface area contributed by atoms with E-state index in [-0.39, 0.29) is 17.5 Å². The van der Waals surface area contributed by atoms with Crippen LogP contribution in [0, 0.1) is 0 Å². The Morgan fingerprint density at radius 2 is 1.79 bits per heavy atom. The van der Waals surface area contributed by atoms with Gasteiger partial charge in [0, 0.05) is 39.6 Å². The number of nitrogens with one attached hydrogen (secondary N) is 2. The van der Waals surface area contributed by atoms with E-state index in [0.717, 1.165) is 9.87 Å². The Labute approximate surface area is 141 Å². The summed E-state index contributed by atoms with van der Waals surface area (Å²) in [7, 11) is -0.613. The van der Waals surface area contributed by atoms with Crippen LogP contribution in [0.5, 0.6) is 0 Å². The Hall–Kier alpha value is -2.45. The fraction of sp³-hybridized carbons (Fsp3) is 0.250. The number of carbonyl (C=O) groups excluding carboxylic acids is 1. The van der Waals surface area contributed by atoms with Crippen LogP contribution in [0.4, 0.5) is 4.79 Å². The van der Waals surface area contributed by atoms with Crippen molar-refractivity contribution in [1.82, 2.24) is 19.9 Å². The van der Waals surface area contributed by atoms with Crippen LogP contribution in [0.2, 0.25) is 0 Å². The second-order valence-electron chi connectivity index (χ2n) is 5.29. The summed E-state index contributed by atoms with van der Waals surface area (Å²) in [5.74, 6) is 0. The minimum absolute atomic E-state index is 0.113. The van der Waals surface area contributed by atoms with Crippen LogP contribution < -0.4 is 10.6 Å². The van der Waals surface area contributed by atoms with Crippen molar-refractivity contribution in [2.24, 2.45) is 0 Å². The van der Waals surface area contributed by atoms with Gasteiger partial charge >= 0.3 is 6.03 Å². The topological polar surface area (TPSA) is 91.4 Å². The molecule has 0 unspecified atom stereocenters. The Morgan fingerprint density at radius 1 is 1.08 bits per heavy atom. The molecule has 2 rings (SSSR count). The van der Waals surface area contributed by atoms with Crippen LogP contribution in [0.1, 0.15) is 11.1 Å². The molecule has 8 heteroatoms. The first kappa shape index (κ1) is 17.9. The van der Waals surface area contributed by atoms with E-state index in [4.69, 9.17) is 0 Å². The highest BCUT2D eigenvalue weighted by Crippen LogP contribution is 2.18. The maximum atomic E-state index is 12.3. The molecule has 0 fully saturated rings. The summed E-state index contributed by atoms with van der Waals surface area (Å²) in [5, 5.41) is 5.37. The third kappa shape index (κ3) is 4.53. The normalized spacial score (nSPS) is 11.3. The number of aromatic nitrogens is 1. The number of sulfonamides is 1. The summed E-state index contributed by atoms with van der Waals surface area (Å²) < 4.78 is 25.7. The monoisotopic (exact) mass is 348 g/mol. The smallest absolute Gasteiger partial charge is 0.315 e. The summed E-state index contributed by atoms with van der Waals surface area (Å²) in [6, 6.07) is 9.86. The number of pyridine rings is 1. The third-order valence-electron chi connectivity index (χ3n) is 3.35. The van der Waals surface area contributed by atoms with Gasteiger partial charge in [-0.25, -0.2) is 17.5 Å². The number of carbonyl (C=O) groups is 1. The molecule has 128 valence electrons. The highest BCUT2D eigenvalue weighted by molar-refractivity contribution is 7.89. The van der Waals surface area contributed by atoms with Crippen molar-refractivity contribution >= 4 is 16.1 Å². The number of amides is 2. The maximum absolute atomic E-state index is 12.3. The minimum atomic E-state index is -3.56. The van der Waals surface area contributed by atoms with Crippen LogP contribution in [0.15, 0.2) is 53.7 Å². The number of hydrogen-bond donors (Lipinski definition) is 2. The fourth-order valence-corrected chi connectivity index (χ4v) is 3.14. The van der Waals surface area contributed by atoms with E-state index in [0.29, 0.717) is 12.1 Å². The largest absolute Gasteiger partial charge is 0.334 e. The van der Waals surface area contributed by atoms with E-state index in [2.05, 4.69) is 15.6 Å². The lowest BCUT2D eigenvalue weighted by atomic mass is 10.2. The fourth-order valence-electron chi connectivity index (χ4n) is 2.02. The predicted octanol–water partition coefficient (Wildman–Crippen LogP) is 1.33. The average molecular weight is 348 g/mol. The van der Waals surface area contributed by atoms with Crippen molar-refractivity contribution in [3.63, 3.8) is 0 Å². The van der Waals surface area contributed by atoms with Gasteiger partial charge in [-0.3, -0.25) is 4.98 Å². The molecule has 0 aliphatic carbocycles. The number of hydrogen-bond acceptors (Lipinski definition) is 4. The molecule has 1 aromatic heterocycles.